The van der Waals surface area contributed by atoms with E-state index in [-0.39, 0.29) is 0 Å². The average Bonchev–Trinajstić information content (AvgIpc) is 2.30. The highest BCUT2D eigenvalue weighted by molar-refractivity contribution is 8.00. The Morgan fingerprint density at radius 1 is 1.82 bits per heavy atom. The van der Waals surface area contributed by atoms with Crippen LogP contribution in [0.3, 0.4) is 0 Å². The number of nitrogens with zero attached hydrogens (tertiary/aromatic N) is 2. The van der Waals surface area contributed by atoms with Crippen molar-refractivity contribution in [3.05, 3.63) is 9.67 Å². The van der Waals surface area contributed by atoms with Gasteiger partial charge in [0.1, 0.15) is 0 Å². The minimum absolute atomic E-state index is 0.450. The molecule has 1 aromatic rings. The molecule has 7 heteroatoms. The average molecular weight is 211 g/mol. The molecule has 0 N–H and O–H groups in total. The fraction of sp³-hybridized carbons (Fsp3) is 0.250. The van der Waals surface area contributed by atoms with Crippen LogP contribution in [0, 0.1) is 0 Å². The zero-order valence-electron chi connectivity index (χ0n) is 5.41. The molecule has 1 aromatic heterocycles. The summed E-state index contributed by atoms with van der Waals surface area (Å²) in [5.74, 6) is 0. The van der Waals surface area contributed by atoms with Gasteiger partial charge in [0.2, 0.25) is 0 Å². The summed E-state index contributed by atoms with van der Waals surface area (Å²) >= 11 is 7.23. The summed E-state index contributed by atoms with van der Waals surface area (Å²) < 4.78 is 1.17. The van der Waals surface area contributed by atoms with Crippen LogP contribution in [0.4, 0.5) is 4.79 Å². The van der Waals surface area contributed by atoms with E-state index in [2.05, 4.69) is 5.10 Å². The Bertz CT molecular complexity index is 331. The lowest BCUT2D eigenvalue weighted by molar-refractivity contribution is 0.258. The third-order valence-electron chi connectivity index (χ3n) is 0.870. The van der Waals surface area contributed by atoms with Crippen LogP contribution in [-0.2, 0) is 0 Å². The lowest BCUT2D eigenvalue weighted by Gasteiger charge is -1.84. The van der Waals surface area contributed by atoms with Gasteiger partial charge in [-0.3, -0.25) is 9.59 Å². The first kappa shape index (κ1) is 8.76. The van der Waals surface area contributed by atoms with Gasteiger partial charge in [0, 0.05) is 0 Å². The predicted octanol–water partition coefficient (Wildman–Crippen LogP) is 1.23. The van der Waals surface area contributed by atoms with Crippen molar-refractivity contribution in [2.75, 3.05) is 6.26 Å². The van der Waals surface area contributed by atoms with Gasteiger partial charge < -0.3 is 0 Å². The van der Waals surface area contributed by atoms with Crippen LogP contribution >= 0.6 is 34.7 Å². The third kappa shape index (κ3) is 1.82. The lowest BCUT2D eigenvalue weighted by atomic mass is 11.2. The van der Waals surface area contributed by atoms with Crippen molar-refractivity contribution < 1.29 is 4.79 Å². The van der Waals surface area contributed by atoms with Gasteiger partial charge in [-0.25, -0.2) is 0 Å². The first-order valence-electron chi connectivity index (χ1n) is 2.49. The van der Waals surface area contributed by atoms with Crippen molar-refractivity contribution in [1.82, 2.24) is 9.78 Å². The van der Waals surface area contributed by atoms with Crippen molar-refractivity contribution in [3.63, 3.8) is 0 Å². The molecule has 60 valence electrons. The van der Waals surface area contributed by atoms with Crippen LogP contribution in [0.15, 0.2) is 9.13 Å². The smallest absolute Gasteiger partial charge is 0.254 e. The van der Waals surface area contributed by atoms with E-state index in [1.54, 1.807) is 6.26 Å². The normalized spacial score (nSPS) is 10.0. The molecule has 0 aliphatic heterocycles. The molecule has 0 unspecified atom stereocenters. The number of thioether (sulfide) groups is 1. The quantitative estimate of drug-likeness (QED) is 0.517. The highest BCUT2D eigenvalue weighted by Gasteiger charge is 2.09. The zero-order valence-corrected chi connectivity index (χ0v) is 7.79. The molecule has 1 rings (SSSR count). The first-order valence-corrected chi connectivity index (χ1v) is 4.91. The molecular formula is C4H3ClN2O2S2. The fourth-order valence-corrected chi connectivity index (χ4v) is 1.81. The molecule has 0 amide bonds. The molecule has 0 bridgehead atoms. The van der Waals surface area contributed by atoms with Gasteiger partial charge in [-0.1, -0.05) is 11.8 Å². The van der Waals surface area contributed by atoms with Crippen molar-refractivity contribution in [2.24, 2.45) is 0 Å². The van der Waals surface area contributed by atoms with Crippen molar-refractivity contribution in [3.8, 4) is 0 Å². The van der Waals surface area contributed by atoms with E-state index in [0.29, 0.717) is 9.02 Å². The Morgan fingerprint density at radius 3 is 2.73 bits per heavy atom. The molecule has 0 saturated heterocycles. The molecule has 0 fully saturated rings. The number of hydrogen-bond acceptors (Lipinski definition) is 5. The molecule has 0 spiro atoms. The summed E-state index contributed by atoms with van der Waals surface area (Å²) in [6, 6.07) is 0. The van der Waals surface area contributed by atoms with Crippen molar-refractivity contribution in [2.45, 2.75) is 4.34 Å². The molecule has 0 radical (unpaired) electrons. The second-order valence-corrected chi connectivity index (χ2v) is 3.82. The van der Waals surface area contributed by atoms with Crippen LogP contribution in [0.5, 0.6) is 0 Å². The van der Waals surface area contributed by atoms with E-state index in [1.165, 1.54) is 11.8 Å². The molecule has 1 heterocycles. The molecule has 0 atom stereocenters. The number of carbonyl (C=O) groups excluding carboxylic acids is 1. The Morgan fingerprint density at radius 2 is 2.45 bits per heavy atom. The Kier molecular flexibility index (Phi) is 2.69. The first-order chi connectivity index (χ1) is 5.15. The Labute approximate surface area is 75.2 Å². The summed E-state index contributed by atoms with van der Waals surface area (Å²) in [7, 11) is 0. The van der Waals surface area contributed by atoms with Crippen LogP contribution in [0.25, 0.3) is 0 Å². The highest BCUT2D eigenvalue weighted by Crippen LogP contribution is 2.12. The van der Waals surface area contributed by atoms with E-state index in [1.807, 2.05) is 0 Å². The summed E-state index contributed by atoms with van der Waals surface area (Å²) in [5.41, 5.74) is 0. The van der Waals surface area contributed by atoms with E-state index in [9.17, 15) is 9.59 Å². The second-order valence-electron chi connectivity index (χ2n) is 1.50. The number of aromatic nitrogens is 2. The maximum atomic E-state index is 10.8. The third-order valence-corrected chi connectivity index (χ3v) is 2.82. The lowest BCUT2D eigenvalue weighted by Crippen LogP contribution is -2.17. The Balaban J connectivity index is 3.18. The molecule has 0 aromatic carbocycles. The highest BCUT2D eigenvalue weighted by atomic mass is 35.5. The largest absolute Gasteiger partial charge is 0.344 e. The summed E-state index contributed by atoms with van der Waals surface area (Å²) in [6.07, 6.45) is 1.77. The topological polar surface area (TPSA) is 52.0 Å². The van der Waals surface area contributed by atoms with Gasteiger partial charge in [0.05, 0.1) is 0 Å². The monoisotopic (exact) mass is 210 g/mol. The molecular weight excluding hydrogens is 208 g/mol. The molecule has 0 aliphatic carbocycles. The molecule has 0 aliphatic rings. The maximum absolute atomic E-state index is 10.8. The number of halogens is 1. The minimum Gasteiger partial charge on any atom is -0.254 e. The van der Waals surface area contributed by atoms with Gasteiger partial charge in [0.15, 0.2) is 4.34 Å². The zero-order chi connectivity index (χ0) is 8.43. The van der Waals surface area contributed by atoms with E-state index in [0.717, 1.165) is 11.3 Å². The predicted molar refractivity (Wildman–Crippen MR) is 44.8 cm³/mol. The van der Waals surface area contributed by atoms with E-state index >= 15 is 0 Å². The number of rotatable bonds is 1. The summed E-state index contributed by atoms with van der Waals surface area (Å²) in [5, 5.41) is 2.76. The maximum Gasteiger partial charge on any atom is 0.344 e. The summed E-state index contributed by atoms with van der Waals surface area (Å²) in [4.78, 5) is 20.8. The number of hydrogen-bond donors (Lipinski definition) is 0. The standard InChI is InChI=1S/C4H3ClN2O2S2/c1-10-3-6-7(2(5)8)4(9)11-3/h1H3. The van der Waals surface area contributed by atoms with Crippen LogP contribution in [0.2, 0.25) is 0 Å². The van der Waals surface area contributed by atoms with E-state index in [4.69, 9.17) is 11.6 Å². The van der Waals surface area contributed by atoms with Gasteiger partial charge in [0.25, 0.3) is 0 Å². The fourth-order valence-electron chi connectivity index (χ4n) is 0.454. The van der Waals surface area contributed by atoms with Gasteiger partial charge in [-0.15, -0.1) is 9.78 Å². The van der Waals surface area contributed by atoms with Crippen LogP contribution in [0.1, 0.15) is 0 Å². The minimum atomic E-state index is -0.869. The number of carbonyl (C=O) groups is 1. The second kappa shape index (κ2) is 3.38. The van der Waals surface area contributed by atoms with Crippen LogP contribution < -0.4 is 4.87 Å². The Hall–Kier alpha value is -0.330. The SMILES string of the molecule is CSc1nn(C(=O)Cl)c(=O)s1. The van der Waals surface area contributed by atoms with Crippen molar-refractivity contribution in [1.29, 1.82) is 0 Å². The van der Waals surface area contributed by atoms with Crippen molar-refractivity contribution >= 4 is 40.1 Å². The molecule has 11 heavy (non-hydrogen) atoms. The van der Waals surface area contributed by atoms with E-state index < -0.39 is 10.2 Å². The van der Waals surface area contributed by atoms with Gasteiger partial charge in [-0.2, -0.15) is 0 Å². The van der Waals surface area contributed by atoms with Gasteiger partial charge in [-0.05, 0) is 29.2 Å². The van der Waals surface area contributed by atoms with Gasteiger partial charge >= 0.3 is 10.2 Å². The molecule has 0 saturated carbocycles. The molecule has 4 nitrogen and oxygen atoms in total. The van der Waals surface area contributed by atoms with Crippen LogP contribution in [-0.4, -0.2) is 21.4 Å². The summed E-state index contributed by atoms with van der Waals surface area (Å²) in [6.45, 7) is 0.